The fourth-order valence-electron chi connectivity index (χ4n) is 4.16. The Bertz CT molecular complexity index is 1090. The summed E-state index contributed by atoms with van der Waals surface area (Å²) in [6.07, 6.45) is 1.42. The molecule has 1 fully saturated rings. The van der Waals surface area contributed by atoms with Gasteiger partial charge in [0.2, 0.25) is 11.8 Å². The molecule has 2 N–H and O–H groups in total. The summed E-state index contributed by atoms with van der Waals surface area (Å²) in [5.74, 6) is -0.379. The first-order valence-corrected chi connectivity index (χ1v) is 11.1. The van der Waals surface area contributed by atoms with Gasteiger partial charge in [-0.25, -0.2) is 4.39 Å². The van der Waals surface area contributed by atoms with E-state index in [0.717, 1.165) is 22.0 Å². The van der Waals surface area contributed by atoms with E-state index in [1.54, 1.807) is 12.1 Å². The molecule has 2 amide bonds. The molecular formula is C26H28FN3O2. The maximum Gasteiger partial charge on any atom is 0.241 e. The van der Waals surface area contributed by atoms with E-state index in [2.05, 4.69) is 15.5 Å². The van der Waals surface area contributed by atoms with Crippen molar-refractivity contribution in [2.24, 2.45) is 5.92 Å². The molecule has 1 aliphatic heterocycles. The van der Waals surface area contributed by atoms with Crippen LogP contribution in [0.1, 0.15) is 25.3 Å². The molecule has 0 spiro atoms. The zero-order chi connectivity index (χ0) is 22.5. The molecule has 5 nitrogen and oxygen atoms in total. The number of amides is 2. The fourth-order valence-corrected chi connectivity index (χ4v) is 4.16. The van der Waals surface area contributed by atoms with Crippen molar-refractivity contribution in [1.29, 1.82) is 0 Å². The number of fused-ring (bicyclic) bond motifs is 1. The standard InChI is InChI=1S/C26H28FN3O2/c1-18(25(31)29-24-11-8-20-4-2-3-5-22(20)16-24)30-14-12-21(13-15-30)26(32)28-17-19-6-9-23(27)10-7-19/h2-11,16,18,21H,12-15,17H2,1H3,(H,28,32)(H,29,31). The SMILES string of the molecule is CC(C(=O)Nc1ccc2ccccc2c1)N1CCC(C(=O)NCc2ccc(F)cc2)CC1. The molecule has 1 unspecified atom stereocenters. The first-order valence-electron chi connectivity index (χ1n) is 11.1. The van der Waals surface area contributed by atoms with Crippen LogP contribution in [0.15, 0.2) is 66.7 Å². The normalized spacial score (nSPS) is 15.9. The number of carbonyl (C=O) groups is 2. The predicted molar refractivity (Wildman–Crippen MR) is 125 cm³/mol. The summed E-state index contributed by atoms with van der Waals surface area (Å²) < 4.78 is 13.0. The maximum absolute atomic E-state index is 13.0. The van der Waals surface area contributed by atoms with Crippen LogP contribution in [0, 0.1) is 11.7 Å². The number of hydrogen-bond donors (Lipinski definition) is 2. The molecule has 1 heterocycles. The van der Waals surface area contributed by atoms with Crippen LogP contribution in [-0.2, 0) is 16.1 Å². The number of likely N-dealkylation sites (tertiary alicyclic amines) is 1. The molecule has 1 saturated heterocycles. The zero-order valence-corrected chi connectivity index (χ0v) is 18.2. The highest BCUT2D eigenvalue weighted by molar-refractivity contribution is 5.97. The number of nitrogens with one attached hydrogen (secondary N) is 2. The topological polar surface area (TPSA) is 61.4 Å². The van der Waals surface area contributed by atoms with Gasteiger partial charge in [-0.2, -0.15) is 0 Å². The lowest BCUT2D eigenvalue weighted by molar-refractivity contribution is -0.127. The molecule has 3 aromatic rings. The Kier molecular flexibility index (Phi) is 6.81. The van der Waals surface area contributed by atoms with Crippen molar-refractivity contribution < 1.29 is 14.0 Å². The molecule has 1 aliphatic rings. The average Bonchev–Trinajstić information content (AvgIpc) is 2.83. The number of benzene rings is 3. The van der Waals surface area contributed by atoms with E-state index in [1.807, 2.05) is 49.4 Å². The number of hydrogen-bond acceptors (Lipinski definition) is 3. The highest BCUT2D eigenvalue weighted by atomic mass is 19.1. The Hall–Kier alpha value is -3.25. The minimum absolute atomic E-state index is 0.0160. The second-order valence-corrected chi connectivity index (χ2v) is 8.38. The van der Waals surface area contributed by atoms with Crippen LogP contribution >= 0.6 is 0 Å². The van der Waals surface area contributed by atoms with Crippen molar-refractivity contribution in [3.8, 4) is 0 Å². The van der Waals surface area contributed by atoms with Crippen LogP contribution in [0.5, 0.6) is 0 Å². The number of carbonyl (C=O) groups excluding carboxylic acids is 2. The number of rotatable bonds is 6. The van der Waals surface area contributed by atoms with Crippen LogP contribution < -0.4 is 10.6 Å². The number of anilines is 1. The van der Waals surface area contributed by atoms with Crippen LogP contribution in [0.2, 0.25) is 0 Å². The van der Waals surface area contributed by atoms with Gasteiger partial charge in [-0.05, 0) is 73.5 Å². The molecule has 0 saturated carbocycles. The lowest BCUT2D eigenvalue weighted by atomic mass is 9.94. The van der Waals surface area contributed by atoms with Gasteiger partial charge >= 0.3 is 0 Å². The van der Waals surface area contributed by atoms with Gasteiger partial charge in [0.05, 0.1) is 6.04 Å². The van der Waals surface area contributed by atoms with Gasteiger partial charge in [0.25, 0.3) is 0 Å². The van der Waals surface area contributed by atoms with E-state index in [1.165, 1.54) is 12.1 Å². The van der Waals surface area contributed by atoms with Gasteiger partial charge in [-0.1, -0.05) is 42.5 Å². The van der Waals surface area contributed by atoms with Crippen molar-refractivity contribution >= 4 is 28.3 Å². The molecule has 0 aliphatic carbocycles. The third kappa shape index (κ3) is 5.32. The van der Waals surface area contributed by atoms with Crippen LogP contribution in [0.25, 0.3) is 10.8 Å². The zero-order valence-electron chi connectivity index (χ0n) is 18.2. The predicted octanol–water partition coefficient (Wildman–Crippen LogP) is 4.33. The van der Waals surface area contributed by atoms with E-state index in [4.69, 9.17) is 0 Å². The quantitative estimate of drug-likeness (QED) is 0.608. The number of nitrogens with zero attached hydrogens (tertiary/aromatic N) is 1. The second-order valence-electron chi connectivity index (χ2n) is 8.38. The minimum Gasteiger partial charge on any atom is -0.352 e. The van der Waals surface area contributed by atoms with Crippen LogP contribution in [0.3, 0.4) is 0 Å². The van der Waals surface area contributed by atoms with Crippen molar-refractivity contribution in [2.45, 2.75) is 32.4 Å². The van der Waals surface area contributed by atoms with Crippen molar-refractivity contribution in [3.05, 3.63) is 78.1 Å². The van der Waals surface area contributed by atoms with Crippen molar-refractivity contribution in [1.82, 2.24) is 10.2 Å². The van der Waals surface area contributed by atoms with E-state index in [0.29, 0.717) is 32.5 Å². The highest BCUT2D eigenvalue weighted by Gasteiger charge is 2.29. The summed E-state index contributed by atoms with van der Waals surface area (Å²) in [7, 11) is 0. The van der Waals surface area contributed by atoms with Gasteiger partial charge in [0, 0.05) is 18.2 Å². The molecule has 3 aromatic carbocycles. The summed E-state index contributed by atoms with van der Waals surface area (Å²) in [5, 5.41) is 8.19. The van der Waals surface area contributed by atoms with Crippen LogP contribution in [-0.4, -0.2) is 35.8 Å². The maximum atomic E-state index is 13.0. The fraction of sp³-hybridized carbons (Fsp3) is 0.308. The summed E-state index contributed by atoms with van der Waals surface area (Å²) in [5.41, 5.74) is 1.66. The molecule has 0 radical (unpaired) electrons. The average molecular weight is 434 g/mol. The Morgan fingerprint density at radius 3 is 2.41 bits per heavy atom. The van der Waals surface area contributed by atoms with E-state index >= 15 is 0 Å². The number of piperidine rings is 1. The van der Waals surface area contributed by atoms with E-state index in [9.17, 15) is 14.0 Å². The van der Waals surface area contributed by atoms with Crippen molar-refractivity contribution in [3.63, 3.8) is 0 Å². The highest BCUT2D eigenvalue weighted by Crippen LogP contribution is 2.22. The molecule has 1 atom stereocenters. The summed E-state index contributed by atoms with van der Waals surface area (Å²) >= 11 is 0. The third-order valence-corrected chi connectivity index (χ3v) is 6.22. The molecule has 0 bridgehead atoms. The Morgan fingerprint density at radius 2 is 1.69 bits per heavy atom. The molecule has 32 heavy (non-hydrogen) atoms. The molecule has 4 rings (SSSR count). The number of halogens is 1. The first kappa shape index (κ1) is 22.0. The molecular weight excluding hydrogens is 405 g/mol. The Morgan fingerprint density at radius 1 is 1.00 bits per heavy atom. The van der Waals surface area contributed by atoms with Gasteiger partial charge < -0.3 is 10.6 Å². The lowest BCUT2D eigenvalue weighted by Crippen LogP contribution is -2.48. The smallest absolute Gasteiger partial charge is 0.241 e. The van der Waals surface area contributed by atoms with Gasteiger partial charge in [-0.15, -0.1) is 0 Å². The second kappa shape index (κ2) is 9.92. The van der Waals surface area contributed by atoms with Crippen LogP contribution in [0.4, 0.5) is 10.1 Å². The van der Waals surface area contributed by atoms with E-state index < -0.39 is 0 Å². The Balaban J connectivity index is 1.25. The lowest BCUT2D eigenvalue weighted by Gasteiger charge is -2.34. The largest absolute Gasteiger partial charge is 0.352 e. The van der Waals surface area contributed by atoms with Gasteiger partial charge in [0.1, 0.15) is 5.82 Å². The molecule has 6 heteroatoms. The monoisotopic (exact) mass is 433 g/mol. The van der Waals surface area contributed by atoms with E-state index in [-0.39, 0.29) is 29.6 Å². The van der Waals surface area contributed by atoms with Crippen molar-refractivity contribution in [2.75, 3.05) is 18.4 Å². The van der Waals surface area contributed by atoms with Gasteiger partial charge in [-0.3, -0.25) is 14.5 Å². The third-order valence-electron chi connectivity index (χ3n) is 6.22. The van der Waals surface area contributed by atoms with Gasteiger partial charge in [0.15, 0.2) is 0 Å². The Labute approximate surface area is 187 Å². The first-order chi connectivity index (χ1) is 15.5. The summed E-state index contributed by atoms with van der Waals surface area (Å²) in [6.45, 7) is 3.69. The summed E-state index contributed by atoms with van der Waals surface area (Å²) in [4.78, 5) is 27.4. The molecule has 166 valence electrons. The molecule has 0 aromatic heterocycles. The minimum atomic E-state index is -0.286. The summed E-state index contributed by atoms with van der Waals surface area (Å²) in [6, 6.07) is 19.8.